The number of benzene rings is 1. The van der Waals surface area contributed by atoms with Gasteiger partial charge in [-0.15, -0.1) is 0 Å². The van der Waals surface area contributed by atoms with E-state index in [0.29, 0.717) is 24.7 Å². The number of aromatic amines is 2. The summed E-state index contributed by atoms with van der Waals surface area (Å²) in [7, 11) is 1.39. The standard InChI is InChI=1S/C21H22N4O3/c1-28-21(27)18-14(13-4-2-3-5-16(13)22-18)10-25-9-8-17-15(11-25)20(26)24-19(23-17)12-6-7-12/h2-5,12,22H,6-11H2,1H3,(H,23,24,26). The quantitative estimate of drug-likeness (QED) is 0.681. The van der Waals surface area contributed by atoms with Gasteiger partial charge >= 0.3 is 5.97 Å². The molecule has 0 spiro atoms. The molecule has 0 saturated heterocycles. The van der Waals surface area contributed by atoms with Crippen LogP contribution in [0.3, 0.4) is 0 Å². The van der Waals surface area contributed by atoms with Gasteiger partial charge in [0.25, 0.3) is 5.56 Å². The third kappa shape index (κ3) is 2.92. The Bertz CT molecular complexity index is 1130. The largest absolute Gasteiger partial charge is 0.464 e. The molecule has 3 aromatic rings. The minimum Gasteiger partial charge on any atom is -0.464 e. The van der Waals surface area contributed by atoms with Crippen molar-refractivity contribution in [3.63, 3.8) is 0 Å². The Morgan fingerprint density at radius 1 is 1.29 bits per heavy atom. The predicted octanol–water partition coefficient (Wildman–Crippen LogP) is 2.47. The third-order valence-electron chi connectivity index (χ3n) is 5.71. The van der Waals surface area contributed by atoms with Gasteiger partial charge in [-0.25, -0.2) is 9.78 Å². The molecule has 7 heteroatoms. The number of methoxy groups -OCH3 is 1. The molecular formula is C21H22N4O3. The zero-order valence-electron chi connectivity index (χ0n) is 15.7. The lowest BCUT2D eigenvalue weighted by Crippen LogP contribution is -2.36. The summed E-state index contributed by atoms with van der Waals surface area (Å²) in [4.78, 5) is 37.9. The summed E-state index contributed by atoms with van der Waals surface area (Å²) in [6, 6.07) is 7.84. The third-order valence-corrected chi connectivity index (χ3v) is 5.71. The number of aromatic nitrogens is 3. The summed E-state index contributed by atoms with van der Waals surface area (Å²) >= 11 is 0. The highest BCUT2D eigenvalue weighted by Crippen LogP contribution is 2.38. The highest BCUT2D eigenvalue weighted by molar-refractivity contribution is 5.98. The van der Waals surface area contributed by atoms with E-state index in [1.165, 1.54) is 7.11 Å². The molecular weight excluding hydrogens is 356 g/mol. The Labute approximate surface area is 161 Å². The van der Waals surface area contributed by atoms with Crippen LogP contribution < -0.4 is 5.56 Å². The Kier molecular flexibility index (Phi) is 4.05. The first-order valence-electron chi connectivity index (χ1n) is 9.66. The predicted molar refractivity (Wildman–Crippen MR) is 104 cm³/mol. The average Bonchev–Trinajstić information content (AvgIpc) is 3.50. The first kappa shape index (κ1) is 17.2. The molecule has 28 heavy (non-hydrogen) atoms. The van der Waals surface area contributed by atoms with Gasteiger partial charge in [-0.05, 0) is 18.9 Å². The molecule has 0 bridgehead atoms. The topological polar surface area (TPSA) is 91.1 Å². The number of carbonyl (C=O) groups excluding carboxylic acids is 1. The number of H-pyrrole nitrogens is 2. The Hall–Kier alpha value is -2.93. The number of fused-ring (bicyclic) bond motifs is 2. The van der Waals surface area contributed by atoms with Crippen molar-refractivity contribution in [3.05, 3.63) is 63.0 Å². The molecule has 2 aliphatic rings. The van der Waals surface area contributed by atoms with E-state index in [1.54, 1.807) is 0 Å². The first-order chi connectivity index (χ1) is 13.6. The van der Waals surface area contributed by atoms with Crippen LogP contribution in [0.4, 0.5) is 0 Å². The van der Waals surface area contributed by atoms with Crippen molar-refractivity contribution < 1.29 is 9.53 Å². The Balaban J connectivity index is 1.46. The molecule has 1 aliphatic carbocycles. The second kappa shape index (κ2) is 6.60. The zero-order valence-corrected chi connectivity index (χ0v) is 15.7. The normalized spacial score (nSPS) is 16.9. The highest BCUT2D eigenvalue weighted by Gasteiger charge is 2.29. The van der Waals surface area contributed by atoms with Crippen LogP contribution in [-0.4, -0.2) is 39.5 Å². The molecule has 1 saturated carbocycles. The van der Waals surface area contributed by atoms with E-state index in [9.17, 15) is 9.59 Å². The summed E-state index contributed by atoms with van der Waals surface area (Å²) in [5, 5.41) is 1.00. The van der Waals surface area contributed by atoms with Crippen LogP contribution in [0.5, 0.6) is 0 Å². The molecule has 0 unspecified atom stereocenters. The number of ether oxygens (including phenoxy) is 1. The molecule has 0 atom stereocenters. The fourth-order valence-electron chi connectivity index (χ4n) is 4.05. The van der Waals surface area contributed by atoms with Gasteiger partial charge in [0.05, 0.1) is 18.4 Å². The van der Waals surface area contributed by atoms with Gasteiger partial charge in [-0.2, -0.15) is 0 Å². The molecule has 1 fully saturated rings. The Morgan fingerprint density at radius 3 is 2.89 bits per heavy atom. The van der Waals surface area contributed by atoms with Gasteiger partial charge in [0.15, 0.2) is 0 Å². The molecule has 5 rings (SSSR count). The number of nitrogens with zero attached hydrogens (tertiary/aromatic N) is 2. The second-order valence-electron chi connectivity index (χ2n) is 7.63. The molecule has 7 nitrogen and oxygen atoms in total. The van der Waals surface area contributed by atoms with Crippen molar-refractivity contribution in [1.82, 2.24) is 19.9 Å². The lowest BCUT2D eigenvalue weighted by atomic mass is 10.0. The fraction of sp³-hybridized carbons (Fsp3) is 0.381. The SMILES string of the molecule is COC(=O)c1[nH]c2ccccc2c1CN1CCc2nc(C3CC3)[nH]c(=O)c2C1. The van der Waals surface area contributed by atoms with E-state index in [0.717, 1.165) is 59.4 Å². The number of hydrogen-bond acceptors (Lipinski definition) is 5. The second-order valence-corrected chi connectivity index (χ2v) is 7.63. The van der Waals surface area contributed by atoms with Gasteiger partial charge in [-0.3, -0.25) is 9.69 Å². The molecule has 1 aliphatic heterocycles. The van der Waals surface area contributed by atoms with E-state index in [-0.39, 0.29) is 11.5 Å². The maximum atomic E-state index is 12.6. The number of rotatable bonds is 4. The molecule has 2 aromatic heterocycles. The number of carbonyl (C=O) groups is 1. The van der Waals surface area contributed by atoms with Crippen molar-refractivity contribution in [2.24, 2.45) is 0 Å². The lowest BCUT2D eigenvalue weighted by molar-refractivity contribution is 0.0592. The van der Waals surface area contributed by atoms with Gasteiger partial charge in [0.1, 0.15) is 11.5 Å². The van der Waals surface area contributed by atoms with E-state index < -0.39 is 0 Å². The monoisotopic (exact) mass is 378 g/mol. The minimum absolute atomic E-state index is 0.0243. The van der Waals surface area contributed by atoms with E-state index in [1.807, 2.05) is 24.3 Å². The summed E-state index contributed by atoms with van der Waals surface area (Å²) in [5.41, 5.74) is 3.94. The number of para-hydroxylation sites is 1. The summed E-state index contributed by atoms with van der Waals surface area (Å²) in [6.45, 7) is 1.90. The fourth-order valence-corrected chi connectivity index (χ4v) is 4.05. The van der Waals surface area contributed by atoms with Crippen LogP contribution in [0.15, 0.2) is 29.1 Å². The Morgan fingerprint density at radius 2 is 2.11 bits per heavy atom. The van der Waals surface area contributed by atoms with Crippen molar-refractivity contribution in [1.29, 1.82) is 0 Å². The maximum Gasteiger partial charge on any atom is 0.354 e. The van der Waals surface area contributed by atoms with Gasteiger partial charge in [-0.1, -0.05) is 18.2 Å². The van der Waals surface area contributed by atoms with Crippen LogP contribution in [0.25, 0.3) is 10.9 Å². The van der Waals surface area contributed by atoms with Crippen molar-refractivity contribution in [2.75, 3.05) is 13.7 Å². The van der Waals surface area contributed by atoms with Crippen LogP contribution in [-0.2, 0) is 24.2 Å². The molecule has 0 amide bonds. The molecule has 0 radical (unpaired) electrons. The molecule has 144 valence electrons. The minimum atomic E-state index is -0.378. The highest BCUT2D eigenvalue weighted by atomic mass is 16.5. The van der Waals surface area contributed by atoms with Crippen LogP contribution in [0, 0.1) is 0 Å². The number of nitrogens with one attached hydrogen (secondary N) is 2. The molecule has 2 N–H and O–H groups in total. The van der Waals surface area contributed by atoms with Gasteiger partial charge < -0.3 is 14.7 Å². The van der Waals surface area contributed by atoms with E-state index >= 15 is 0 Å². The summed E-state index contributed by atoms with van der Waals surface area (Å²) in [6.07, 6.45) is 2.98. The van der Waals surface area contributed by atoms with Crippen molar-refractivity contribution >= 4 is 16.9 Å². The van der Waals surface area contributed by atoms with Crippen LogP contribution in [0.2, 0.25) is 0 Å². The van der Waals surface area contributed by atoms with Crippen molar-refractivity contribution in [3.8, 4) is 0 Å². The molecule has 1 aromatic carbocycles. The van der Waals surface area contributed by atoms with Crippen LogP contribution in [0.1, 0.15) is 51.9 Å². The van der Waals surface area contributed by atoms with Gasteiger partial charge in [0.2, 0.25) is 0 Å². The lowest BCUT2D eigenvalue weighted by Gasteiger charge is -2.27. The van der Waals surface area contributed by atoms with Crippen LogP contribution >= 0.6 is 0 Å². The summed E-state index contributed by atoms with van der Waals surface area (Å²) < 4.78 is 4.96. The number of esters is 1. The van der Waals surface area contributed by atoms with Gasteiger partial charge in [0, 0.05) is 48.4 Å². The van der Waals surface area contributed by atoms with E-state index in [4.69, 9.17) is 9.72 Å². The smallest absolute Gasteiger partial charge is 0.354 e. The summed E-state index contributed by atoms with van der Waals surface area (Å²) in [5.74, 6) is 0.906. The maximum absolute atomic E-state index is 12.6. The van der Waals surface area contributed by atoms with Crippen molar-refractivity contribution in [2.45, 2.75) is 38.3 Å². The van der Waals surface area contributed by atoms with E-state index in [2.05, 4.69) is 14.9 Å². The number of hydrogen-bond donors (Lipinski definition) is 2. The molecule has 3 heterocycles. The first-order valence-corrected chi connectivity index (χ1v) is 9.66. The average molecular weight is 378 g/mol. The zero-order chi connectivity index (χ0) is 19.3.